The minimum Gasteiger partial charge on any atom is -0.320 e. The van der Waals surface area contributed by atoms with Crippen LogP contribution in [-0.4, -0.2) is 34.3 Å². The number of carbonyl (C=O) groups is 1. The monoisotopic (exact) mass is 345 g/mol. The zero-order valence-corrected chi connectivity index (χ0v) is 14.0. The van der Waals surface area contributed by atoms with Crippen LogP contribution in [0.4, 0.5) is 5.82 Å². The van der Waals surface area contributed by atoms with Gasteiger partial charge in [-0.2, -0.15) is 5.10 Å². The first-order valence-corrected chi connectivity index (χ1v) is 6.65. The van der Waals surface area contributed by atoms with Gasteiger partial charge in [0.2, 0.25) is 5.91 Å². The van der Waals surface area contributed by atoms with Gasteiger partial charge in [-0.05, 0) is 37.7 Å². The molecule has 0 aliphatic rings. The predicted molar refractivity (Wildman–Crippen MR) is 91.9 cm³/mol. The molecule has 2 heterocycles. The van der Waals surface area contributed by atoms with Crippen LogP contribution in [0.5, 0.6) is 0 Å². The summed E-state index contributed by atoms with van der Waals surface area (Å²) in [6, 6.07) is 5.69. The highest BCUT2D eigenvalue weighted by atomic mass is 35.5. The van der Waals surface area contributed by atoms with Gasteiger partial charge < -0.3 is 10.6 Å². The summed E-state index contributed by atoms with van der Waals surface area (Å²) in [5.41, 5.74) is 1.12. The Hall–Kier alpha value is -1.63. The Labute approximate surface area is 142 Å². The Balaban J connectivity index is 0.00000220. The number of anilines is 1. The molecule has 0 fully saturated rings. The van der Waals surface area contributed by atoms with E-state index in [0.717, 1.165) is 18.5 Å². The van der Waals surface area contributed by atoms with E-state index in [1.807, 2.05) is 25.4 Å². The average molecular weight is 346 g/mol. The first-order valence-electron chi connectivity index (χ1n) is 6.65. The summed E-state index contributed by atoms with van der Waals surface area (Å²) in [6.07, 6.45) is 6.67. The molecule has 0 unspecified atom stereocenters. The van der Waals surface area contributed by atoms with E-state index in [-0.39, 0.29) is 30.7 Å². The lowest BCUT2D eigenvalue weighted by Gasteiger charge is -2.03. The molecule has 122 valence electrons. The van der Waals surface area contributed by atoms with Gasteiger partial charge in [0.25, 0.3) is 0 Å². The lowest BCUT2D eigenvalue weighted by Crippen LogP contribution is -2.15. The summed E-state index contributed by atoms with van der Waals surface area (Å²) < 4.78 is 1.79. The van der Waals surface area contributed by atoms with Crippen molar-refractivity contribution in [3.8, 4) is 0 Å². The van der Waals surface area contributed by atoms with Crippen molar-refractivity contribution in [1.29, 1.82) is 0 Å². The fraction of sp³-hybridized carbons (Fsp3) is 0.357. The van der Waals surface area contributed by atoms with E-state index in [4.69, 9.17) is 0 Å². The molecular weight excluding hydrogens is 325 g/mol. The van der Waals surface area contributed by atoms with Crippen molar-refractivity contribution < 1.29 is 4.79 Å². The van der Waals surface area contributed by atoms with Crippen molar-refractivity contribution in [3.05, 3.63) is 42.4 Å². The highest BCUT2D eigenvalue weighted by Gasteiger charge is 2.05. The Morgan fingerprint density at radius 1 is 1.23 bits per heavy atom. The van der Waals surface area contributed by atoms with Crippen molar-refractivity contribution in [2.24, 2.45) is 0 Å². The van der Waals surface area contributed by atoms with E-state index in [9.17, 15) is 4.79 Å². The lowest BCUT2D eigenvalue weighted by atomic mass is 10.3. The Morgan fingerprint density at radius 2 is 1.95 bits per heavy atom. The van der Waals surface area contributed by atoms with Gasteiger partial charge in [-0.3, -0.25) is 14.5 Å². The van der Waals surface area contributed by atoms with Gasteiger partial charge in [-0.25, -0.2) is 0 Å². The summed E-state index contributed by atoms with van der Waals surface area (Å²) in [4.78, 5) is 15.6. The van der Waals surface area contributed by atoms with Crippen LogP contribution in [0, 0.1) is 0 Å². The number of nitrogens with one attached hydrogen (secondary N) is 2. The number of hydrogen-bond donors (Lipinski definition) is 2. The second kappa shape index (κ2) is 11.0. The number of nitrogens with zero attached hydrogens (tertiary/aromatic N) is 3. The zero-order valence-electron chi connectivity index (χ0n) is 12.4. The maximum absolute atomic E-state index is 11.7. The number of pyridine rings is 1. The number of rotatable bonds is 7. The third kappa shape index (κ3) is 6.89. The molecule has 0 aromatic carbocycles. The molecule has 8 heteroatoms. The molecule has 0 aliphatic heterocycles. The Bertz CT molecular complexity index is 547. The molecule has 1 amide bonds. The number of halogens is 2. The maximum Gasteiger partial charge on any atom is 0.225 e. The largest absolute Gasteiger partial charge is 0.320 e. The number of amides is 1. The normalized spacial score (nSPS) is 9.50. The molecule has 0 saturated carbocycles. The smallest absolute Gasteiger partial charge is 0.225 e. The number of hydrogen-bond acceptors (Lipinski definition) is 4. The second-order valence-corrected chi connectivity index (χ2v) is 4.51. The Morgan fingerprint density at radius 3 is 2.64 bits per heavy atom. The molecular formula is C14H21Cl2N5O. The summed E-state index contributed by atoms with van der Waals surface area (Å²) in [6.45, 7) is 1.50. The third-order valence-electron chi connectivity index (χ3n) is 2.83. The molecule has 2 aromatic heterocycles. The van der Waals surface area contributed by atoms with Crippen molar-refractivity contribution in [2.75, 3.05) is 18.9 Å². The topological polar surface area (TPSA) is 71.8 Å². The van der Waals surface area contributed by atoms with Crippen molar-refractivity contribution in [2.45, 2.75) is 19.4 Å². The average Bonchev–Trinajstić information content (AvgIpc) is 2.87. The quantitative estimate of drug-likeness (QED) is 0.754. The second-order valence-electron chi connectivity index (χ2n) is 4.51. The van der Waals surface area contributed by atoms with Gasteiger partial charge in [0.15, 0.2) is 5.82 Å². The van der Waals surface area contributed by atoms with Gasteiger partial charge in [0.1, 0.15) is 0 Å². The van der Waals surface area contributed by atoms with Gasteiger partial charge >= 0.3 is 0 Å². The molecule has 2 N–H and O–H groups in total. The zero-order chi connectivity index (χ0) is 14.2. The van der Waals surface area contributed by atoms with Crippen LogP contribution >= 0.6 is 24.8 Å². The van der Waals surface area contributed by atoms with Crippen LogP contribution in [0.15, 0.2) is 36.8 Å². The van der Waals surface area contributed by atoms with E-state index >= 15 is 0 Å². The minimum absolute atomic E-state index is 0. The predicted octanol–water partition coefficient (Wildman–Crippen LogP) is 2.11. The van der Waals surface area contributed by atoms with Crippen LogP contribution in [0.2, 0.25) is 0 Å². The number of aromatic nitrogens is 3. The van der Waals surface area contributed by atoms with E-state index in [2.05, 4.69) is 20.7 Å². The highest BCUT2D eigenvalue weighted by molar-refractivity contribution is 5.89. The molecule has 6 nitrogen and oxygen atoms in total. The van der Waals surface area contributed by atoms with Crippen molar-refractivity contribution in [1.82, 2.24) is 20.1 Å². The summed E-state index contributed by atoms with van der Waals surface area (Å²) in [5, 5.41) is 10.1. The van der Waals surface area contributed by atoms with Crippen LogP contribution in [0.1, 0.15) is 18.4 Å². The van der Waals surface area contributed by atoms with Crippen LogP contribution in [-0.2, 0) is 11.3 Å². The molecule has 22 heavy (non-hydrogen) atoms. The molecule has 0 bridgehead atoms. The highest BCUT2D eigenvalue weighted by Crippen LogP contribution is 2.06. The van der Waals surface area contributed by atoms with E-state index < -0.39 is 0 Å². The standard InChI is InChI=1S/C14H19N5O.2ClH/c1-15-7-2-3-14(20)17-13-6-10-19(18-13)11-12-4-8-16-9-5-12;;/h4-6,8-10,15H,2-3,7,11H2,1H3,(H,17,18,20);2*1H. The van der Waals surface area contributed by atoms with Crippen molar-refractivity contribution >= 4 is 36.5 Å². The van der Waals surface area contributed by atoms with E-state index in [1.54, 1.807) is 23.1 Å². The van der Waals surface area contributed by atoms with Crippen LogP contribution in [0.3, 0.4) is 0 Å². The van der Waals surface area contributed by atoms with Gasteiger partial charge in [-0.1, -0.05) is 0 Å². The first kappa shape index (κ1) is 20.4. The van der Waals surface area contributed by atoms with Gasteiger partial charge in [-0.15, -0.1) is 24.8 Å². The van der Waals surface area contributed by atoms with E-state index in [0.29, 0.717) is 18.8 Å². The molecule has 2 aromatic rings. The summed E-state index contributed by atoms with van der Waals surface area (Å²) in [5.74, 6) is 0.586. The lowest BCUT2D eigenvalue weighted by molar-refractivity contribution is -0.116. The Kier molecular flexibility index (Phi) is 10.2. The molecule has 0 radical (unpaired) electrons. The van der Waals surface area contributed by atoms with Gasteiger partial charge in [0.05, 0.1) is 6.54 Å². The fourth-order valence-electron chi connectivity index (χ4n) is 1.82. The van der Waals surface area contributed by atoms with Gasteiger partial charge in [0, 0.05) is 31.1 Å². The van der Waals surface area contributed by atoms with E-state index in [1.165, 1.54) is 0 Å². The number of carbonyl (C=O) groups excluding carboxylic acids is 1. The van der Waals surface area contributed by atoms with Crippen LogP contribution < -0.4 is 10.6 Å². The molecule has 2 rings (SSSR count). The summed E-state index contributed by atoms with van der Waals surface area (Å²) >= 11 is 0. The molecule has 0 saturated heterocycles. The molecule has 0 atom stereocenters. The molecule has 0 aliphatic carbocycles. The minimum atomic E-state index is -0.00517. The SMILES string of the molecule is CNCCCC(=O)Nc1ccn(Cc2ccncc2)n1.Cl.Cl. The third-order valence-corrected chi connectivity index (χ3v) is 2.83. The van der Waals surface area contributed by atoms with Crippen molar-refractivity contribution in [3.63, 3.8) is 0 Å². The first-order chi connectivity index (χ1) is 9.78. The summed E-state index contributed by atoms with van der Waals surface area (Å²) in [7, 11) is 1.87. The fourth-order valence-corrected chi connectivity index (χ4v) is 1.82. The maximum atomic E-state index is 11.7. The van der Waals surface area contributed by atoms with Crippen LogP contribution in [0.25, 0.3) is 0 Å². The molecule has 0 spiro atoms.